The van der Waals surface area contributed by atoms with Gasteiger partial charge in [0.2, 0.25) is 11.9 Å². The van der Waals surface area contributed by atoms with Crippen LogP contribution in [0.25, 0.3) is 0 Å². The quantitative estimate of drug-likeness (QED) is 0.401. The maximum Gasteiger partial charge on any atom is 0.407 e. The Balaban J connectivity index is 1.27. The Hall–Kier alpha value is -3.27. The van der Waals surface area contributed by atoms with Crippen molar-refractivity contribution >= 4 is 23.6 Å². The van der Waals surface area contributed by atoms with Crippen LogP contribution < -0.4 is 15.5 Å². The van der Waals surface area contributed by atoms with Crippen molar-refractivity contribution < 1.29 is 19.1 Å². The number of aromatic nitrogens is 2. The summed E-state index contributed by atoms with van der Waals surface area (Å²) >= 11 is 0. The standard InChI is InChI=1S/C33H50N6O4/c1-20(2)29(37-32(41)43-7)30(40)39-19-24(42-6)18-28(39)36-31-34-25-15-10-21(17-26(25)35-31)27-9-8-16-38(27)23-13-11-22(12-14-23)33(3,4)5/h11-14,20-21,24,27-29H,8-10,15-19H2,1-7H3,(H,37,41)(H2,34,35,36)/t21?,24-,27+,28?,29-/m0/s1. The van der Waals surface area contributed by atoms with Crippen LogP contribution in [0.5, 0.6) is 0 Å². The van der Waals surface area contributed by atoms with Crippen LogP contribution in [0.15, 0.2) is 24.3 Å². The lowest BCUT2D eigenvalue weighted by atomic mass is 9.83. The van der Waals surface area contributed by atoms with Crippen LogP contribution in [0, 0.1) is 11.8 Å². The van der Waals surface area contributed by atoms with Crippen LogP contribution in [-0.4, -0.2) is 78.5 Å². The molecule has 1 aromatic carbocycles. The maximum atomic E-state index is 13.6. The highest BCUT2D eigenvalue weighted by Gasteiger charge is 2.41. The number of nitrogens with one attached hydrogen (secondary N) is 3. The highest BCUT2D eigenvalue weighted by Crippen LogP contribution is 2.37. The smallest absolute Gasteiger partial charge is 0.407 e. The lowest BCUT2D eigenvalue weighted by Crippen LogP contribution is -2.54. The molecule has 2 aromatic rings. The van der Waals surface area contributed by atoms with E-state index in [9.17, 15) is 9.59 Å². The molecule has 2 aliphatic heterocycles. The van der Waals surface area contributed by atoms with Crippen molar-refractivity contribution in [3.05, 3.63) is 41.2 Å². The third-order valence-corrected chi connectivity index (χ3v) is 9.56. The second kappa shape index (κ2) is 12.8. The normalized spacial score (nSPS) is 24.7. The molecule has 3 N–H and O–H groups in total. The van der Waals surface area contributed by atoms with Gasteiger partial charge in [-0.2, -0.15) is 0 Å². The highest BCUT2D eigenvalue weighted by molar-refractivity contribution is 5.86. The van der Waals surface area contributed by atoms with Gasteiger partial charge in [0.25, 0.3) is 0 Å². The number of ether oxygens (including phenoxy) is 2. The van der Waals surface area contributed by atoms with Crippen LogP contribution >= 0.6 is 0 Å². The summed E-state index contributed by atoms with van der Waals surface area (Å²) in [7, 11) is 2.97. The van der Waals surface area contributed by atoms with E-state index in [-0.39, 0.29) is 29.5 Å². The molecule has 2 saturated heterocycles. The summed E-state index contributed by atoms with van der Waals surface area (Å²) in [5.41, 5.74) is 5.15. The minimum atomic E-state index is -0.697. The lowest BCUT2D eigenvalue weighted by molar-refractivity contribution is -0.135. The first-order valence-corrected chi connectivity index (χ1v) is 15.9. The number of aryl methyl sites for hydroxylation is 1. The van der Waals surface area contributed by atoms with Crippen molar-refractivity contribution in [2.24, 2.45) is 11.8 Å². The predicted octanol–water partition coefficient (Wildman–Crippen LogP) is 4.85. The molecule has 1 aromatic heterocycles. The van der Waals surface area contributed by atoms with Crippen molar-refractivity contribution in [2.45, 2.75) is 103 Å². The molecule has 2 unspecified atom stereocenters. The Morgan fingerprint density at radius 2 is 1.86 bits per heavy atom. The van der Waals surface area contributed by atoms with Crippen LogP contribution in [-0.2, 0) is 32.5 Å². The maximum absolute atomic E-state index is 13.6. The van der Waals surface area contributed by atoms with Crippen molar-refractivity contribution in [1.82, 2.24) is 20.2 Å². The number of rotatable bonds is 8. The number of hydrogen-bond donors (Lipinski definition) is 3. The number of anilines is 2. The van der Waals surface area contributed by atoms with Crippen molar-refractivity contribution in [2.75, 3.05) is 37.5 Å². The fourth-order valence-corrected chi connectivity index (χ4v) is 7.04. The molecular weight excluding hydrogens is 544 g/mol. The van der Waals surface area contributed by atoms with Crippen molar-refractivity contribution in [3.8, 4) is 0 Å². The summed E-state index contributed by atoms with van der Waals surface area (Å²) in [6.07, 6.45) is 5.08. The number of aromatic amines is 1. The van der Waals surface area contributed by atoms with Crippen molar-refractivity contribution in [3.63, 3.8) is 0 Å². The van der Waals surface area contributed by atoms with Gasteiger partial charge in [0.05, 0.1) is 18.9 Å². The number of amides is 2. The molecule has 0 saturated carbocycles. The first kappa shape index (κ1) is 31.2. The Labute approximate surface area is 256 Å². The molecule has 3 heterocycles. The molecule has 43 heavy (non-hydrogen) atoms. The molecule has 1 aliphatic carbocycles. The van der Waals surface area contributed by atoms with Crippen LogP contribution in [0.1, 0.15) is 77.3 Å². The molecule has 0 spiro atoms. The first-order chi connectivity index (χ1) is 20.5. The number of imidazole rings is 1. The summed E-state index contributed by atoms with van der Waals surface area (Å²) in [6.45, 7) is 12.1. The summed E-state index contributed by atoms with van der Waals surface area (Å²) in [5, 5.41) is 6.20. The molecule has 5 atom stereocenters. The van der Waals surface area contributed by atoms with E-state index < -0.39 is 12.1 Å². The number of likely N-dealkylation sites (tertiary alicyclic amines) is 1. The van der Waals surface area contributed by atoms with E-state index in [2.05, 4.69) is 65.6 Å². The lowest BCUT2D eigenvalue weighted by Gasteiger charge is -2.35. The van der Waals surface area contributed by atoms with E-state index in [1.165, 1.54) is 36.9 Å². The van der Waals surface area contributed by atoms with Gasteiger partial charge in [0, 0.05) is 44.0 Å². The fourth-order valence-electron chi connectivity index (χ4n) is 7.04. The van der Waals surface area contributed by atoms with Gasteiger partial charge < -0.3 is 34.9 Å². The van der Waals surface area contributed by atoms with Crippen LogP contribution in [0.4, 0.5) is 16.4 Å². The van der Waals surface area contributed by atoms with E-state index in [0.717, 1.165) is 31.5 Å². The van der Waals surface area contributed by atoms with Gasteiger partial charge in [0.15, 0.2) is 0 Å². The number of alkyl carbamates (subject to hydrolysis) is 1. The minimum Gasteiger partial charge on any atom is -0.453 e. The third-order valence-electron chi connectivity index (χ3n) is 9.56. The zero-order chi connectivity index (χ0) is 30.9. The number of fused-ring (bicyclic) bond motifs is 1. The molecule has 2 amide bonds. The summed E-state index contributed by atoms with van der Waals surface area (Å²) < 4.78 is 10.4. The largest absolute Gasteiger partial charge is 0.453 e. The van der Waals surface area contributed by atoms with E-state index in [0.29, 0.717) is 30.9 Å². The van der Waals surface area contributed by atoms with Gasteiger partial charge >= 0.3 is 6.09 Å². The molecule has 3 aliphatic rings. The second-order valence-corrected chi connectivity index (χ2v) is 13.8. The zero-order valence-corrected chi connectivity index (χ0v) is 26.9. The second-order valence-electron chi connectivity index (χ2n) is 13.8. The molecule has 10 heteroatoms. The molecule has 236 valence electrons. The van der Waals surface area contributed by atoms with E-state index >= 15 is 0 Å². The van der Waals surface area contributed by atoms with E-state index in [1.54, 1.807) is 12.0 Å². The molecule has 5 rings (SSSR count). The number of methoxy groups -OCH3 is 2. The number of carbonyl (C=O) groups excluding carboxylic acids is 2. The molecule has 0 bridgehead atoms. The van der Waals surface area contributed by atoms with E-state index in [4.69, 9.17) is 14.5 Å². The van der Waals surface area contributed by atoms with Crippen LogP contribution in [0.2, 0.25) is 0 Å². The van der Waals surface area contributed by atoms with Crippen molar-refractivity contribution in [1.29, 1.82) is 0 Å². The van der Waals surface area contributed by atoms with Gasteiger partial charge in [-0.3, -0.25) is 4.79 Å². The van der Waals surface area contributed by atoms with Crippen LogP contribution in [0.3, 0.4) is 0 Å². The Bertz CT molecular complexity index is 1270. The number of nitrogens with zero attached hydrogens (tertiary/aromatic N) is 3. The third kappa shape index (κ3) is 6.79. The highest BCUT2D eigenvalue weighted by atomic mass is 16.5. The summed E-state index contributed by atoms with van der Waals surface area (Å²) in [5.74, 6) is 0.983. The van der Waals surface area contributed by atoms with Gasteiger partial charge in [-0.15, -0.1) is 0 Å². The monoisotopic (exact) mass is 594 g/mol. The van der Waals surface area contributed by atoms with Gasteiger partial charge in [0.1, 0.15) is 12.2 Å². The first-order valence-electron chi connectivity index (χ1n) is 15.9. The summed E-state index contributed by atoms with van der Waals surface area (Å²) in [4.78, 5) is 38.5. The Kier molecular flexibility index (Phi) is 9.25. The molecule has 10 nitrogen and oxygen atoms in total. The van der Waals surface area contributed by atoms with E-state index in [1.807, 2.05) is 13.8 Å². The predicted molar refractivity (Wildman–Crippen MR) is 168 cm³/mol. The Morgan fingerprint density at radius 1 is 1.12 bits per heavy atom. The number of H-pyrrole nitrogens is 1. The average Bonchev–Trinajstić information content (AvgIpc) is 3.72. The number of hydrogen-bond acceptors (Lipinski definition) is 7. The summed E-state index contributed by atoms with van der Waals surface area (Å²) in [6, 6.07) is 9.01. The van der Waals surface area contributed by atoms with Gasteiger partial charge in [-0.25, -0.2) is 9.78 Å². The zero-order valence-electron chi connectivity index (χ0n) is 26.9. The van der Waals surface area contributed by atoms with Gasteiger partial charge in [-0.05, 0) is 67.1 Å². The Morgan fingerprint density at radius 3 is 2.51 bits per heavy atom. The molecule has 0 radical (unpaired) electrons. The number of benzene rings is 1. The fraction of sp³-hybridized carbons (Fsp3) is 0.667. The molecular formula is C33H50N6O4. The number of carbonyl (C=O) groups is 2. The minimum absolute atomic E-state index is 0.103. The SMILES string of the molecule is COC(=O)N[C@H](C(=O)N1C[C@@H](OC)CC1Nc1nc2c([nH]1)CC([C@H]1CCCN1c1ccc(C(C)(C)C)cc1)CC2)C(C)C. The van der Waals surface area contributed by atoms with Gasteiger partial charge in [-0.1, -0.05) is 46.8 Å². The molecule has 2 fully saturated rings. The average molecular weight is 595 g/mol. The topological polar surface area (TPSA) is 112 Å².